The molecule has 0 bridgehead atoms. The summed E-state index contributed by atoms with van der Waals surface area (Å²) in [5.74, 6) is 1.89. The molecule has 1 saturated carbocycles. The van der Waals surface area contributed by atoms with Gasteiger partial charge in [-0.2, -0.15) is 0 Å². The van der Waals surface area contributed by atoms with Crippen LogP contribution in [0, 0.1) is 11.8 Å². The maximum absolute atomic E-state index is 2.36. The third-order valence-electron chi connectivity index (χ3n) is 2.04. The lowest BCUT2D eigenvalue weighted by molar-refractivity contribution is 0.626. The molecule has 52 valence electrons. The van der Waals surface area contributed by atoms with Gasteiger partial charge in [0.1, 0.15) is 0 Å². The van der Waals surface area contributed by atoms with Crippen molar-refractivity contribution in [2.75, 3.05) is 0 Å². The first-order valence-corrected chi connectivity index (χ1v) is 4.01. The SMILES string of the molecule is CCC=CC(C)C1CC1. The predicted molar refractivity (Wildman–Crippen MR) is 41.3 cm³/mol. The first kappa shape index (κ1) is 6.85. The summed E-state index contributed by atoms with van der Waals surface area (Å²) in [5, 5.41) is 0. The Morgan fingerprint density at radius 2 is 2.22 bits per heavy atom. The van der Waals surface area contributed by atoms with Gasteiger partial charge in [-0.1, -0.05) is 26.0 Å². The van der Waals surface area contributed by atoms with Crippen LogP contribution in [0.1, 0.15) is 33.1 Å². The largest absolute Gasteiger partial charge is 0.0885 e. The zero-order chi connectivity index (χ0) is 6.69. The minimum atomic E-state index is 0.852. The molecule has 1 aliphatic carbocycles. The molecule has 0 aromatic rings. The van der Waals surface area contributed by atoms with Crippen molar-refractivity contribution in [2.24, 2.45) is 11.8 Å². The van der Waals surface area contributed by atoms with E-state index in [4.69, 9.17) is 0 Å². The molecule has 1 aliphatic rings. The molecular formula is C9H16. The van der Waals surface area contributed by atoms with Gasteiger partial charge < -0.3 is 0 Å². The minimum Gasteiger partial charge on any atom is -0.0885 e. The second-order valence-corrected chi connectivity index (χ2v) is 3.03. The molecule has 0 nitrogen and oxygen atoms in total. The first-order valence-electron chi connectivity index (χ1n) is 4.01. The molecule has 1 rings (SSSR count). The number of allylic oxidation sites excluding steroid dienone is 2. The zero-order valence-corrected chi connectivity index (χ0v) is 6.43. The van der Waals surface area contributed by atoms with Crippen molar-refractivity contribution in [3.05, 3.63) is 12.2 Å². The Labute approximate surface area is 58.0 Å². The van der Waals surface area contributed by atoms with Crippen molar-refractivity contribution in [3.63, 3.8) is 0 Å². The van der Waals surface area contributed by atoms with Crippen molar-refractivity contribution >= 4 is 0 Å². The third-order valence-corrected chi connectivity index (χ3v) is 2.04. The fourth-order valence-corrected chi connectivity index (χ4v) is 1.13. The molecule has 0 N–H and O–H groups in total. The second-order valence-electron chi connectivity index (χ2n) is 3.03. The molecule has 0 aliphatic heterocycles. The van der Waals surface area contributed by atoms with Crippen LogP contribution < -0.4 is 0 Å². The molecule has 0 saturated heterocycles. The second kappa shape index (κ2) is 3.05. The molecule has 0 amide bonds. The highest BCUT2D eigenvalue weighted by Crippen LogP contribution is 2.37. The lowest BCUT2D eigenvalue weighted by Gasteiger charge is -1.99. The van der Waals surface area contributed by atoms with E-state index in [0.717, 1.165) is 11.8 Å². The molecule has 0 radical (unpaired) electrons. The number of hydrogen-bond acceptors (Lipinski definition) is 0. The summed E-state index contributed by atoms with van der Waals surface area (Å²) in [7, 11) is 0. The molecule has 1 fully saturated rings. The molecule has 1 unspecified atom stereocenters. The maximum Gasteiger partial charge on any atom is -0.0234 e. The van der Waals surface area contributed by atoms with Crippen molar-refractivity contribution in [3.8, 4) is 0 Å². The van der Waals surface area contributed by atoms with Crippen LogP contribution in [-0.4, -0.2) is 0 Å². The lowest BCUT2D eigenvalue weighted by Crippen LogP contribution is -1.89. The molecule has 0 aromatic carbocycles. The van der Waals surface area contributed by atoms with Gasteiger partial charge in [-0.05, 0) is 31.1 Å². The van der Waals surface area contributed by atoms with Crippen LogP contribution >= 0.6 is 0 Å². The summed E-state index contributed by atoms with van der Waals surface area (Å²) in [4.78, 5) is 0. The Hall–Kier alpha value is -0.260. The van der Waals surface area contributed by atoms with Gasteiger partial charge in [0.05, 0.1) is 0 Å². The normalized spacial score (nSPS) is 22.9. The van der Waals surface area contributed by atoms with Gasteiger partial charge in [0.25, 0.3) is 0 Å². The van der Waals surface area contributed by atoms with Crippen LogP contribution in [-0.2, 0) is 0 Å². The summed E-state index contributed by atoms with van der Waals surface area (Å²) in [6, 6.07) is 0. The summed E-state index contributed by atoms with van der Waals surface area (Å²) in [6.07, 6.45) is 8.77. The van der Waals surface area contributed by atoms with E-state index in [1.54, 1.807) is 0 Å². The average molecular weight is 124 g/mol. The van der Waals surface area contributed by atoms with Crippen LogP contribution in [0.15, 0.2) is 12.2 Å². The van der Waals surface area contributed by atoms with Crippen molar-refractivity contribution in [1.29, 1.82) is 0 Å². The van der Waals surface area contributed by atoms with E-state index >= 15 is 0 Å². The average Bonchev–Trinajstić information content (AvgIpc) is 2.63. The standard InChI is InChI=1S/C9H16/c1-3-4-5-8(2)9-6-7-9/h4-5,8-9H,3,6-7H2,1-2H3. The van der Waals surface area contributed by atoms with Gasteiger partial charge in [0.2, 0.25) is 0 Å². The van der Waals surface area contributed by atoms with Gasteiger partial charge in [0, 0.05) is 0 Å². The minimum absolute atomic E-state index is 0.852. The monoisotopic (exact) mass is 124 g/mol. The van der Waals surface area contributed by atoms with Gasteiger partial charge >= 0.3 is 0 Å². The van der Waals surface area contributed by atoms with Crippen LogP contribution in [0.2, 0.25) is 0 Å². The molecule has 1 atom stereocenters. The summed E-state index contributed by atoms with van der Waals surface area (Å²) in [6.45, 7) is 4.51. The van der Waals surface area contributed by atoms with Crippen molar-refractivity contribution in [2.45, 2.75) is 33.1 Å². The van der Waals surface area contributed by atoms with E-state index in [0.29, 0.717) is 0 Å². The van der Waals surface area contributed by atoms with Gasteiger partial charge in [-0.25, -0.2) is 0 Å². The van der Waals surface area contributed by atoms with Crippen LogP contribution in [0.4, 0.5) is 0 Å². The molecule has 0 aromatic heterocycles. The van der Waals surface area contributed by atoms with Crippen molar-refractivity contribution < 1.29 is 0 Å². The molecular weight excluding hydrogens is 108 g/mol. The van der Waals surface area contributed by atoms with Gasteiger partial charge in [-0.15, -0.1) is 0 Å². The quantitative estimate of drug-likeness (QED) is 0.507. The lowest BCUT2D eigenvalue weighted by atomic mass is 10.1. The summed E-state index contributed by atoms with van der Waals surface area (Å²) >= 11 is 0. The predicted octanol–water partition coefficient (Wildman–Crippen LogP) is 3.00. The van der Waals surface area contributed by atoms with Crippen LogP contribution in [0.3, 0.4) is 0 Å². The van der Waals surface area contributed by atoms with Gasteiger partial charge in [0.15, 0.2) is 0 Å². The Morgan fingerprint density at radius 1 is 1.56 bits per heavy atom. The third kappa shape index (κ3) is 2.21. The van der Waals surface area contributed by atoms with E-state index < -0.39 is 0 Å². The topological polar surface area (TPSA) is 0 Å². The van der Waals surface area contributed by atoms with Crippen molar-refractivity contribution in [1.82, 2.24) is 0 Å². The Balaban J connectivity index is 2.16. The Kier molecular flexibility index (Phi) is 2.32. The highest BCUT2D eigenvalue weighted by atomic mass is 14.3. The van der Waals surface area contributed by atoms with E-state index in [1.165, 1.54) is 19.3 Å². The Bertz CT molecular complexity index is 98.6. The maximum atomic E-state index is 2.36. The fourth-order valence-electron chi connectivity index (χ4n) is 1.13. The van der Waals surface area contributed by atoms with Crippen LogP contribution in [0.5, 0.6) is 0 Å². The van der Waals surface area contributed by atoms with E-state index in [-0.39, 0.29) is 0 Å². The van der Waals surface area contributed by atoms with E-state index in [1.807, 2.05) is 0 Å². The molecule has 9 heavy (non-hydrogen) atoms. The van der Waals surface area contributed by atoms with Gasteiger partial charge in [-0.3, -0.25) is 0 Å². The Morgan fingerprint density at radius 3 is 2.67 bits per heavy atom. The molecule has 0 heterocycles. The molecule has 0 spiro atoms. The highest BCUT2D eigenvalue weighted by molar-refractivity contribution is 4.93. The first-order chi connectivity index (χ1) is 4.34. The fraction of sp³-hybridized carbons (Fsp3) is 0.778. The van der Waals surface area contributed by atoms with E-state index in [2.05, 4.69) is 26.0 Å². The van der Waals surface area contributed by atoms with Crippen LogP contribution in [0.25, 0.3) is 0 Å². The summed E-state index contributed by atoms with van der Waals surface area (Å²) in [5.41, 5.74) is 0. The smallest absolute Gasteiger partial charge is 0.0234 e. The number of rotatable bonds is 3. The number of hydrogen-bond donors (Lipinski definition) is 0. The summed E-state index contributed by atoms with van der Waals surface area (Å²) < 4.78 is 0. The van der Waals surface area contributed by atoms with E-state index in [9.17, 15) is 0 Å². The highest BCUT2D eigenvalue weighted by Gasteiger charge is 2.25. The zero-order valence-electron chi connectivity index (χ0n) is 6.43. The molecule has 0 heteroatoms.